The molecule has 0 N–H and O–H groups in total. The first kappa shape index (κ1) is 19.6. The molecule has 0 aliphatic carbocycles. The Labute approximate surface area is 149 Å². The third-order valence-electron chi connectivity index (χ3n) is 3.52. The van der Waals surface area contributed by atoms with Gasteiger partial charge in [-0.3, -0.25) is 9.36 Å². The van der Waals surface area contributed by atoms with E-state index in [1.165, 1.54) is 22.9 Å². The van der Waals surface area contributed by atoms with E-state index in [1.807, 2.05) is 13.8 Å². The fourth-order valence-corrected chi connectivity index (χ4v) is 2.32. The number of hydrogen-bond donors (Lipinski definition) is 0. The number of ether oxygens (including phenoxy) is 2. The summed E-state index contributed by atoms with van der Waals surface area (Å²) in [6, 6.07) is 4.85. The van der Waals surface area contributed by atoms with Gasteiger partial charge in [0.2, 0.25) is 0 Å². The molecule has 0 aliphatic heterocycles. The molecule has 0 spiro atoms. The van der Waals surface area contributed by atoms with Gasteiger partial charge in [0.05, 0.1) is 31.5 Å². The smallest absolute Gasteiger partial charge is 0.345 e. The van der Waals surface area contributed by atoms with Crippen molar-refractivity contribution in [3.05, 3.63) is 62.7 Å². The summed E-state index contributed by atoms with van der Waals surface area (Å²) in [5.41, 5.74) is -1.59. The summed E-state index contributed by atoms with van der Waals surface area (Å²) in [5, 5.41) is 0. The van der Waals surface area contributed by atoms with Crippen molar-refractivity contribution in [2.24, 2.45) is 0 Å². The van der Waals surface area contributed by atoms with Gasteiger partial charge in [0, 0.05) is 6.20 Å². The Morgan fingerprint density at radius 2 is 1.85 bits per heavy atom. The zero-order valence-electron chi connectivity index (χ0n) is 14.9. The first-order valence-electron chi connectivity index (χ1n) is 8.26. The van der Waals surface area contributed by atoms with E-state index in [9.17, 15) is 18.8 Å². The second-order valence-electron chi connectivity index (χ2n) is 5.78. The number of aromatic nitrogens is 2. The van der Waals surface area contributed by atoms with Crippen LogP contribution in [0, 0.1) is 5.82 Å². The summed E-state index contributed by atoms with van der Waals surface area (Å²) in [7, 11) is 0. The number of esters is 1. The lowest BCUT2D eigenvalue weighted by Gasteiger charge is -2.14. The van der Waals surface area contributed by atoms with E-state index in [2.05, 4.69) is 0 Å². The minimum absolute atomic E-state index is 0.0294. The fourth-order valence-electron chi connectivity index (χ4n) is 2.32. The first-order chi connectivity index (χ1) is 12.3. The number of halogens is 1. The van der Waals surface area contributed by atoms with Crippen molar-refractivity contribution in [2.45, 2.75) is 33.4 Å². The normalized spacial score (nSPS) is 11.0. The van der Waals surface area contributed by atoms with Gasteiger partial charge in [0.1, 0.15) is 11.4 Å². The topological polar surface area (TPSA) is 79.5 Å². The van der Waals surface area contributed by atoms with E-state index >= 15 is 0 Å². The van der Waals surface area contributed by atoms with Crippen molar-refractivity contribution in [3.8, 4) is 5.69 Å². The Kier molecular flexibility index (Phi) is 6.46. The molecule has 0 saturated carbocycles. The Balaban J connectivity index is 2.58. The van der Waals surface area contributed by atoms with Crippen LogP contribution in [0.3, 0.4) is 0 Å². The molecule has 8 heteroatoms. The van der Waals surface area contributed by atoms with Gasteiger partial charge < -0.3 is 9.47 Å². The lowest BCUT2D eigenvalue weighted by atomic mass is 10.2. The molecule has 1 aromatic carbocycles. The minimum Gasteiger partial charge on any atom is -0.462 e. The second-order valence-corrected chi connectivity index (χ2v) is 5.78. The van der Waals surface area contributed by atoms with Crippen LogP contribution in [0.2, 0.25) is 0 Å². The standard InChI is InChI=1S/C18H21FN2O5/c1-4-25-17(23)15-11-20(9-10-26-12(2)3)18(24)21(16(15)22)14-7-5-13(19)6-8-14/h5-8,11-12H,4,9-10H2,1-3H3. The van der Waals surface area contributed by atoms with Crippen molar-refractivity contribution in [1.82, 2.24) is 9.13 Å². The Morgan fingerprint density at radius 3 is 2.42 bits per heavy atom. The summed E-state index contributed by atoms with van der Waals surface area (Å²) in [6.07, 6.45) is 1.14. The summed E-state index contributed by atoms with van der Waals surface area (Å²) < 4.78 is 25.5. The molecule has 0 unspecified atom stereocenters. The second kappa shape index (κ2) is 8.57. The highest BCUT2D eigenvalue weighted by Gasteiger charge is 2.19. The van der Waals surface area contributed by atoms with Crippen LogP contribution in [0.25, 0.3) is 5.69 Å². The number of hydrogen-bond acceptors (Lipinski definition) is 5. The molecule has 0 amide bonds. The maximum absolute atomic E-state index is 13.2. The van der Waals surface area contributed by atoms with Gasteiger partial charge in [-0.25, -0.2) is 18.5 Å². The maximum Gasteiger partial charge on any atom is 0.345 e. The van der Waals surface area contributed by atoms with Crippen LogP contribution >= 0.6 is 0 Å². The Morgan fingerprint density at radius 1 is 1.19 bits per heavy atom. The summed E-state index contributed by atoms with van der Waals surface area (Å²) >= 11 is 0. The molecule has 0 atom stereocenters. The molecule has 0 aliphatic rings. The molecular weight excluding hydrogens is 343 g/mol. The number of rotatable bonds is 7. The summed E-state index contributed by atoms with van der Waals surface area (Å²) in [6.45, 7) is 5.78. The highest BCUT2D eigenvalue weighted by molar-refractivity contribution is 5.88. The Bertz CT molecular complexity index is 884. The van der Waals surface area contributed by atoms with E-state index < -0.39 is 23.0 Å². The molecule has 26 heavy (non-hydrogen) atoms. The molecule has 0 radical (unpaired) electrons. The van der Waals surface area contributed by atoms with Gasteiger partial charge in [-0.05, 0) is 45.0 Å². The number of carbonyl (C=O) groups is 1. The number of benzene rings is 1. The number of carbonyl (C=O) groups excluding carboxylic acids is 1. The monoisotopic (exact) mass is 364 g/mol. The van der Waals surface area contributed by atoms with Crippen molar-refractivity contribution in [2.75, 3.05) is 13.2 Å². The molecular formula is C18H21FN2O5. The highest BCUT2D eigenvalue weighted by atomic mass is 19.1. The third-order valence-corrected chi connectivity index (χ3v) is 3.52. The van der Waals surface area contributed by atoms with Gasteiger partial charge in [-0.2, -0.15) is 0 Å². The van der Waals surface area contributed by atoms with E-state index in [0.717, 1.165) is 16.7 Å². The number of nitrogens with zero attached hydrogens (tertiary/aromatic N) is 2. The average Bonchev–Trinajstić information content (AvgIpc) is 2.58. The molecule has 1 aromatic heterocycles. The van der Waals surface area contributed by atoms with Gasteiger partial charge in [0.25, 0.3) is 5.56 Å². The van der Waals surface area contributed by atoms with Crippen LogP contribution in [0.1, 0.15) is 31.1 Å². The molecule has 2 aromatic rings. The maximum atomic E-state index is 13.2. The van der Waals surface area contributed by atoms with Gasteiger partial charge in [0.15, 0.2) is 0 Å². The SMILES string of the molecule is CCOC(=O)c1cn(CCOC(C)C)c(=O)n(-c2ccc(F)cc2)c1=O. The largest absolute Gasteiger partial charge is 0.462 e. The van der Waals surface area contributed by atoms with E-state index in [-0.39, 0.29) is 37.1 Å². The minimum atomic E-state index is -0.827. The lowest BCUT2D eigenvalue weighted by molar-refractivity contribution is 0.0519. The van der Waals surface area contributed by atoms with Gasteiger partial charge >= 0.3 is 11.7 Å². The Hall–Kier alpha value is -2.74. The average molecular weight is 364 g/mol. The summed E-state index contributed by atoms with van der Waals surface area (Å²) in [4.78, 5) is 37.5. The molecule has 0 fully saturated rings. The van der Waals surface area contributed by atoms with E-state index in [0.29, 0.717) is 0 Å². The predicted molar refractivity (Wildman–Crippen MR) is 93.3 cm³/mol. The van der Waals surface area contributed by atoms with Gasteiger partial charge in [-0.1, -0.05) is 0 Å². The van der Waals surface area contributed by atoms with E-state index in [4.69, 9.17) is 9.47 Å². The fraction of sp³-hybridized carbons (Fsp3) is 0.389. The molecule has 140 valence electrons. The predicted octanol–water partition coefficient (Wildman–Crippen LogP) is 1.74. The van der Waals surface area contributed by atoms with Crippen molar-refractivity contribution in [1.29, 1.82) is 0 Å². The van der Waals surface area contributed by atoms with Crippen LogP contribution in [0.15, 0.2) is 40.1 Å². The first-order valence-corrected chi connectivity index (χ1v) is 8.26. The zero-order chi connectivity index (χ0) is 19.3. The molecule has 0 bridgehead atoms. The van der Waals surface area contributed by atoms with Crippen LogP contribution in [0.5, 0.6) is 0 Å². The van der Waals surface area contributed by atoms with Gasteiger partial charge in [-0.15, -0.1) is 0 Å². The highest BCUT2D eigenvalue weighted by Crippen LogP contribution is 2.06. The van der Waals surface area contributed by atoms with Crippen molar-refractivity contribution >= 4 is 5.97 Å². The lowest BCUT2D eigenvalue weighted by Crippen LogP contribution is -2.42. The molecule has 1 heterocycles. The molecule has 2 rings (SSSR count). The van der Waals surface area contributed by atoms with Crippen LogP contribution in [-0.4, -0.2) is 34.4 Å². The van der Waals surface area contributed by atoms with Crippen LogP contribution in [0.4, 0.5) is 4.39 Å². The van der Waals surface area contributed by atoms with E-state index in [1.54, 1.807) is 6.92 Å². The van der Waals surface area contributed by atoms with Crippen LogP contribution in [-0.2, 0) is 16.0 Å². The molecule has 0 saturated heterocycles. The van der Waals surface area contributed by atoms with Crippen LogP contribution < -0.4 is 11.2 Å². The van der Waals surface area contributed by atoms with Crippen molar-refractivity contribution in [3.63, 3.8) is 0 Å². The molecule has 7 nitrogen and oxygen atoms in total. The quantitative estimate of drug-likeness (QED) is 0.699. The summed E-state index contributed by atoms with van der Waals surface area (Å²) in [5.74, 6) is -1.33. The third kappa shape index (κ3) is 4.45. The van der Waals surface area contributed by atoms with Crippen molar-refractivity contribution < 1.29 is 18.7 Å². The zero-order valence-corrected chi connectivity index (χ0v) is 14.9.